The molecule has 2 aromatic heterocycles. The van der Waals surface area contributed by atoms with E-state index in [-0.39, 0.29) is 49.4 Å². The molecule has 2 aromatic rings. The van der Waals surface area contributed by atoms with Crippen molar-refractivity contribution in [3.63, 3.8) is 0 Å². The van der Waals surface area contributed by atoms with Gasteiger partial charge in [-0.2, -0.15) is 0 Å². The zero-order valence-electron chi connectivity index (χ0n) is 10.00. The number of hydrogen-bond acceptors (Lipinski definition) is 7. The van der Waals surface area contributed by atoms with E-state index < -0.39 is 0 Å². The van der Waals surface area contributed by atoms with Crippen molar-refractivity contribution in [1.29, 1.82) is 0 Å². The van der Waals surface area contributed by atoms with Crippen LogP contribution < -0.4 is 4.74 Å². The molecule has 0 amide bonds. The van der Waals surface area contributed by atoms with Gasteiger partial charge in [0.25, 0.3) is 0 Å². The second-order valence-electron chi connectivity index (χ2n) is 3.74. The van der Waals surface area contributed by atoms with E-state index in [9.17, 15) is 10.2 Å². The summed E-state index contributed by atoms with van der Waals surface area (Å²) in [4.78, 5) is 0. The van der Waals surface area contributed by atoms with Crippen LogP contribution in [0.15, 0.2) is 21.4 Å². The molecule has 0 fully saturated rings. The minimum absolute atomic E-state index is 0.203. The van der Waals surface area contributed by atoms with Crippen LogP contribution in [0.2, 0.25) is 0 Å². The molecular weight excluding hydrogens is 256 g/mol. The van der Waals surface area contributed by atoms with Crippen LogP contribution in [0.5, 0.6) is 11.5 Å². The highest BCUT2D eigenvalue weighted by molar-refractivity contribution is 5.41. The number of hydrogen-bond donors (Lipinski definition) is 4. The molecule has 2 heterocycles. The van der Waals surface area contributed by atoms with Crippen LogP contribution >= 0.6 is 0 Å². The van der Waals surface area contributed by atoms with Crippen molar-refractivity contribution in [3.8, 4) is 11.5 Å². The van der Waals surface area contributed by atoms with Gasteiger partial charge < -0.3 is 34.0 Å². The van der Waals surface area contributed by atoms with Gasteiger partial charge >= 0.3 is 0 Å². The molecule has 0 aliphatic rings. The lowest BCUT2D eigenvalue weighted by molar-refractivity contribution is 0.231. The van der Waals surface area contributed by atoms with Crippen molar-refractivity contribution in [2.24, 2.45) is 0 Å². The SMILES string of the molecule is OCc1occ(Oc2coc(CO)c2CO)c1CO. The topological polar surface area (TPSA) is 116 Å². The van der Waals surface area contributed by atoms with Crippen LogP contribution in [-0.4, -0.2) is 20.4 Å². The lowest BCUT2D eigenvalue weighted by Gasteiger charge is -2.04. The third-order valence-electron chi connectivity index (χ3n) is 2.71. The predicted octanol–water partition coefficient (Wildman–Crippen LogP) is 0.634. The highest BCUT2D eigenvalue weighted by Gasteiger charge is 2.19. The number of aliphatic hydroxyl groups excluding tert-OH is 4. The van der Waals surface area contributed by atoms with E-state index in [1.807, 2.05) is 0 Å². The predicted molar refractivity (Wildman–Crippen MR) is 61.2 cm³/mol. The van der Waals surface area contributed by atoms with E-state index in [0.29, 0.717) is 11.1 Å². The number of rotatable bonds is 6. The Bertz CT molecular complexity index is 492. The van der Waals surface area contributed by atoms with Gasteiger partial charge in [0.2, 0.25) is 0 Å². The summed E-state index contributed by atoms with van der Waals surface area (Å²) in [6.07, 6.45) is 2.48. The van der Waals surface area contributed by atoms with Crippen LogP contribution in [0.25, 0.3) is 0 Å². The Morgan fingerprint density at radius 1 is 0.737 bits per heavy atom. The summed E-state index contributed by atoms with van der Waals surface area (Å²) in [6.45, 7) is -1.44. The molecule has 7 heteroatoms. The van der Waals surface area contributed by atoms with Crippen molar-refractivity contribution in [1.82, 2.24) is 0 Å². The van der Waals surface area contributed by atoms with E-state index >= 15 is 0 Å². The highest BCUT2D eigenvalue weighted by Crippen LogP contribution is 2.34. The average Bonchev–Trinajstić information content (AvgIpc) is 3.01. The molecule has 0 atom stereocenters. The molecule has 0 spiro atoms. The molecule has 7 nitrogen and oxygen atoms in total. The first-order valence-corrected chi connectivity index (χ1v) is 5.54. The minimum Gasteiger partial charge on any atom is -0.462 e. The van der Waals surface area contributed by atoms with Gasteiger partial charge in [0, 0.05) is 0 Å². The Hall–Kier alpha value is -1.80. The molecule has 0 bridgehead atoms. The van der Waals surface area contributed by atoms with E-state index in [1.54, 1.807) is 0 Å². The highest BCUT2D eigenvalue weighted by atomic mass is 16.5. The summed E-state index contributed by atoms with van der Waals surface area (Å²) in [7, 11) is 0. The summed E-state index contributed by atoms with van der Waals surface area (Å²) in [6, 6.07) is 0. The van der Waals surface area contributed by atoms with Crippen molar-refractivity contribution < 1.29 is 34.0 Å². The quantitative estimate of drug-likeness (QED) is 0.608. The molecule has 0 aromatic carbocycles. The van der Waals surface area contributed by atoms with Gasteiger partial charge in [0.15, 0.2) is 11.5 Å². The molecule has 104 valence electrons. The van der Waals surface area contributed by atoms with Crippen LogP contribution in [-0.2, 0) is 26.4 Å². The summed E-state index contributed by atoms with van der Waals surface area (Å²) < 4.78 is 15.5. The lowest BCUT2D eigenvalue weighted by atomic mass is 10.2. The molecule has 2 rings (SSSR count). The third-order valence-corrected chi connectivity index (χ3v) is 2.71. The van der Waals surface area contributed by atoms with Crippen LogP contribution in [0, 0.1) is 0 Å². The maximum atomic E-state index is 9.21. The fourth-order valence-electron chi connectivity index (χ4n) is 1.70. The fraction of sp³-hybridized carbons (Fsp3) is 0.333. The zero-order chi connectivity index (χ0) is 13.8. The second kappa shape index (κ2) is 5.89. The third kappa shape index (κ3) is 2.49. The van der Waals surface area contributed by atoms with Gasteiger partial charge in [-0.3, -0.25) is 0 Å². The van der Waals surface area contributed by atoms with E-state index in [2.05, 4.69) is 0 Å². The second-order valence-corrected chi connectivity index (χ2v) is 3.74. The molecule has 19 heavy (non-hydrogen) atoms. The molecule has 0 aliphatic heterocycles. The molecule has 4 N–H and O–H groups in total. The first-order chi connectivity index (χ1) is 9.24. The number of ether oxygens (including phenoxy) is 1. The van der Waals surface area contributed by atoms with Gasteiger partial charge in [0.1, 0.15) is 37.3 Å². The first-order valence-electron chi connectivity index (χ1n) is 5.54. The summed E-state index contributed by atoms with van der Waals surface area (Å²) in [5.74, 6) is 0.834. The van der Waals surface area contributed by atoms with E-state index in [1.165, 1.54) is 12.5 Å². The van der Waals surface area contributed by atoms with Crippen molar-refractivity contribution in [2.75, 3.05) is 0 Å². The molecule has 0 aliphatic carbocycles. The van der Waals surface area contributed by atoms with Gasteiger partial charge in [-0.05, 0) is 0 Å². The Morgan fingerprint density at radius 2 is 1.16 bits per heavy atom. The maximum Gasteiger partial charge on any atom is 0.171 e. The van der Waals surface area contributed by atoms with Crippen LogP contribution in [0.4, 0.5) is 0 Å². The summed E-state index contributed by atoms with van der Waals surface area (Å²) in [5.41, 5.74) is 0.635. The Morgan fingerprint density at radius 3 is 1.47 bits per heavy atom. The van der Waals surface area contributed by atoms with Crippen molar-refractivity contribution in [3.05, 3.63) is 35.2 Å². The molecular formula is C12H14O7. The van der Waals surface area contributed by atoms with Crippen molar-refractivity contribution >= 4 is 0 Å². The monoisotopic (exact) mass is 270 g/mol. The average molecular weight is 270 g/mol. The maximum absolute atomic E-state index is 9.21. The van der Waals surface area contributed by atoms with Crippen LogP contribution in [0.1, 0.15) is 22.6 Å². The number of aliphatic hydroxyl groups is 4. The first kappa shape index (κ1) is 13.6. The largest absolute Gasteiger partial charge is 0.462 e. The Labute approximate surface area is 108 Å². The summed E-state index contributed by atoms with van der Waals surface area (Å²) in [5, 5.41) is 36.5. The standard InChI is InChI=1S/C12H14O7/c13-1-7-9(3-15)17-5-11(7)19-12-6-18-10(4-16)8(12)2-14/h5-6,13-16H,1-4H2. The normalized spacial score (nSPS) is 10.9. The van der Waals surface area contributed by atoms with Gasteiger partial charge in [-0.15, -0.1) is 0 Å². The van der Waals surface area contributed by atoms with Gasteiger partial charge in [0.05, 0.1) is 24.3 Å². The molecule has 0 saturated heterocycles. The van der Waals surface area contributed by atoms with Crippen molar-refractivity contribution in [2.45, 2.75) is 26.4 Å². The van der Waals surface area contributed by atoms with Gasteiger partial charge in [-0.25, -0.2) is 0 Å². The fourth-order valence-corrected chi connectivity index (χ4v) is 1.70. The summed E-state index contributed by atoms with van der Waals surface area (Å²) >= 11 is 0. The van der Waals surface area contributed by atoms with E-state index in [4.69, 9.17) is 23.8 Å². The van der Waals surface area contributed by atoms with Gasteiger partial charge in [-0.1, -0.05) is 0 Å². The van der Waals surface area contributed by atoms with Crippen LogP contribution in [0.3, 0.4) is 0 Å². The minimum atomic E-state index is -0.362. The Kier molecular flexibility index (Phi) is 4.23. The molecule has 0 unspecified atom stereocenters. The lowest BCUT2D eigenvalue weighted by Crippen LogP contribution is -1.95. The van der Waals surface area contributed by atoms with E-state index in [0.717, 1.165) is 0 Å². The number of furan rings is 2. The smallest absolute Gasteiger partial charge is 0.171 e. The molecule has 0 saturated carbocycles. The zero-order valence-corrected chi connectivity index (χ0v) is 10.00. The molecule has 0 radical (unpaired) electrons. The Balaban J connectivity index is 2.31.